The number of ketones is 1. The third kappa shape index (κ3) is 3.69. The number of Topliss-reactive ketones (excluding diaryl/α,β-unsaturated/α-hetero) is 1. The van der Waals surface area contributed by atoms with E-state index in [9.17, 15) is 13.2 Å². The number of carbonyl (C=O) groups is 1. The lowest BCUT2D eigenvalue weighted by atomic mass is 10.2. The first-order valence-electron chi connectivity index (χ1n) is 6.24. The number of sulfone groups is 1. The second-order valence-electron chi connectivity index (χ2n) is 4.76. The molecule has 7 heteroatoms. The van der Waals surface area contributed by atoms with Gasteiger partial charge in [-0.05, 0) is 31.2 Å². The Labute approximate surface area is 123 Å². The van der Waals surface area contributed by atoms with Crippen LogP contribution >= 0.6 is 0 Å². The molecule has 0 spiro atoms. The number of hydrogen-bond donors (Lipinski definition) is 0. The number of nitrogens with zero attached hydrogens (tertiary/aromatic N) is 2. The van der Waals surface area contributed by atoms with Crippen LogP contribution in [0.5, 0.6) is 5.75 Å². The van der Waals surface area contributed by atoms with Crippen molar-refractivity contribution in [1.82, 2.24) is 9.78 Å². The smallest absolute Gasteiger partial charge is 0.203 e. The summed E-state index contributed by atoms with van der Waals surface area (Å²) in [5, 5.41) is 4.10. The van der Waals surface area contributed by atoms with E-state index in [2.05, 4.69) is 5.10 Å². The molecule has 21 heavy (non-hydrogen) atoms. The lowest BCUT2D eigenvalue weighted by Gasteiger charge is -2.05. The third-order valence-electron chi connectivity index (χ3n) is 2.94. The van der Waals surface area contributed by atoms with Gasteiger partial charge in [0.25, 0.3) is 0 Å². The molecule has 6 nitrogen and oxygen atoms in total. The number of benzene rings is 1. The second kappa shape index (κ2) is 5.69. The highest BCUT2D eigenvalue weighted by atomic mass is 32.2. The minimum atomic E-state index is -3.23. The molecule has 1 aromatic carbocycles. The van der Waals surface area contributed by atoms with Crippen LogP contribution < -0.4 is 4.74 Å². The molecule has 0 saturated carbocycles. The number of carbonyl (C=O) groups excluding carboxylic acids is 1. The van der Waals surface area contributed by atoms with E-state index >= 15 is 0 Å². The molecule has 0 bridgehead atoms. The number of rotatable bonds is 5. The van der Waals surface area contributed by atoms with Gasteiger partial charge in [0.15, 0.2) is 16.4 Å². The first kappa shape index (κ1) is 15.2. The lowest BCUT2D eigenvalue weighted by Crippen LogP contribution is -2.12. The van der Waals surface area contributed by atoms with E-state index in [4.69, 9.17) is 4.74 Å². The summed E-state index contributed by atoms with van der Waals surface area (Å²) in [7, 11) is -1.49. The maximum atomic E-state index is 12.0. The Morgan fingerprint density at radius 3 is 2.38 bits per heavy atom. The van der Waals surface area contributed by atoms with Gasteiger partial charge >= 0.3 is 0 Å². The minimum absolute atomic E-state index is 0.120. The molecule has 2 rings (SSSR count). The highest BCUT2D eigenvalue weighted by molar-refractivity contribution is 7.90. The molecule has 0 aliphatic carbocycles. The molecule has 0 amide bonds. The normalized spacial score (nSPS) is 11.4. The Hall–Kier alpha value is -2.15. The molecule has 0 N–H and O–H groups in total. The lowest BCUT2D eigenvalue weighted by molar-refractivity contribution is 0.0921. The summed E-state index contributed by atoms with van der Waals surface area (Å²) in [6.45, 7) is 1.64. The zero-order valence-electron chi connectivity index (χ0n) is 12.0. The Balaban J connectivity index is 2.03. The molecule has 0 atom stereocenters. The monoisotopic (exact) mass is 308 g/mol. The molecule has 112 valence electrons. The molecule has 0 saturated heterocycles. The van der Waals surface area contributed by atoms with Crippen molar-refractivity contribution in [1.29, 1.82) is 0 Å². The van der Waals surface area contributed by atoms with Crippen molar-refractivity contribution in [3.05, 3.63) is 41.7 Å². The highest BCUT2D eigenvalue weighted by Crippen LogP contribution is 2.16. The van der Waals surface area contributed by atoms with Crippen molar-refractivity contribution < 1.29 is 17.9 Å². The fourth-order valence-electron chi connectivity index (χ4n) is 1.88. The molecular weight excluding hydrogens is 292 g/mol. The fraction of sp³-hybridized carbons (Fsp3) is 0.286. The minimum Gasteiger partial charge on any atom is -0.485 e. The predicted molar refractivity (Wildman–Crippen MR) is 77.3 cm³/mol. The van der Waals surface area contributed by atoms with Gasteiger partial charge in [-0.3, -0.25) is 9.48 Å². The standard InChI is InChI=1S/C14H16N2O4S/c1-10-13(8-16(2)15-10)14(17)9-20-11-4-6-12(7-5-11)21(3,18)19/h4-8H,9H2,1-3H3. The van der Waals surface area contributed by atoms with Gasteiger partial charge in [-0.1, -0.05) is 0 Å². The van der Waals surface area contributed by atoms with E-state index < -0.39 is 9.84 Å². The van der Waals surface area contributed by atoms with Crippen LogP contribution in [-0.2, 0) is 16.9 Å². The zero-order chi connectivity index (χ0) is 15.6. The van der Waals surface area contributed by atoms with Crippen LogP contribution in [0, 0.1) is 6.92 Å². The van der Waals surface area contributed by atoms with Gasteiger partial charge in [-0.15, -0.1) is 0 Å². The average Bonchev–Trinajstić information content (AvgIpc) is 2.74. The molecule has 1 heterocycles. The Kier molecular flexibility index (Phi) is 4.13. The summed E-state index contributed by atoms with van der Waals surface area (Å²) in [6.07, 6.45) is 2.78. The summed E-state index contributed by atoms with van der Waals surface area (Å²) in [6, 6.07) is 5.95. The molecule has 0 radical (unpaired) electrons. The molecule has 0 aliphatic rings. The summed E-state index contributed by atoms with van der Waals surface area (Å²) in [5.74, 6) is 0.269. The molecule has 2 aromatic rings. The van der Waals surface area contributed by atoms with Crippen molar-refractivity contribution in [2.75, 3.05) is 12.9 Å². The number of aryl methyl sites for hydroxylation is 2. The summed E-state index contributed by atoms with van der Waals surface area (Å²) < 4.78 is 29.6. The maximum absolute atomic E-state index is 12.0. The largest absolute Gasteiger partial charge is 0.485 e. The van der Waals surface area contributed by atoms with Crippen LogP contribution in [0.2, 0.25) is 0 Å². The van der Waals surface area contributed by atoms with Crippen molar-refractivity contribution in [2.24, 2.45) is 7.05 Å². The fourth-order valence-corrected chi connectivity index (χ4v) is 2.51. The first-order valence-corrected chi connectivity index (χ1v) is 8.13. The van der Waals surface area contributed by atoms with Crippen LogP contribution in [0.1, 0.15) is 16.1 Å². The first-order chi connectivity index (χ1) is 9.77. The van der Waals surface area contributed by atoms with Crippen molar-refractivity contribution in [2.45, 2.75) is 11.8 Å². The van der Waals surface area contributed by atoms with Gasteiger partial charge < -0.3 is 4.74 Å². The van der Waals surface area contributed by atoms with Gasteiger partial charge in [-0.25, -0.2) is 8.42 Å². The molecule has 0 fully saturated rings. The van der Waals surface area contributed by atoms with Gasteiger partial charge in [0.05, 0.1) is 16.2 Å². The third-order valence-corrected chi connectivity index (χ3v) is 4.06. The summed E-state index contributed by atoms with van der Waals surface area (Å²) >= 11 is 0. The zero-order valence-corrected chi connectivity index (χ0v) is 12.8. The SMILES string of the molecule is Cc1nn(C)cc1C(=O)COc1ccc(S(C)(=O)=O)cc1. The van der Waals surface area contributed by atoms with E-state index in [0.717, 1.165) is 6.26 Å². The van der Waals surface area contributed by atoms with Crippen LogP contribution in [0.25, 0.3) is 0 Å². The number of aromatic nitrogens is 2. The highest BCUT2D eigenvalue weighted by Gasteiger charge is 2.13. The van der Waals surface area contributed by atoms with Gasteiger partial charge in [-0.2, -0.15) is 5.10 Å². The van der Waals surface area contributed by atoms with E-state index in [-0.39, 0.29) is 17.3 Å². The van der Waals surface area contributed by atoms with E-state index in [1.807, 2.05) is 0 Å². The van der Waals surface area contributed by atoms with Crippen LogP contribution in [0.4, 0.5) is 0 Å². The summed E-state index contributed by atoms with van der Waals surface area (Å²) in [4.78, 5) is 12.2. The average molecular weight is 308 g/mol. The van der Waals surface area contributed by atoms with Crippen LogP contribution in [-0.4, -0.2) is 36.8 Å². The Morgan fingerprint density at radius 1 is 1.29 bits per heavy atom. The topological polar surface area (TPSA) is 78.3 Å². The van der Waals surface area contributed by atoms with Crippen LogP contribution in [0.15, 0.2) is 35.4 Å². The van der Waals surface area contributed by atoms with Crippen molar-refractivity contribution in [3.63, 3.8) is 0 Å². The van der Waals surface area contributed by atoms with E-state index in [0.29, 0.717) is 17.0 Å². The molecule has 0 unspecified atom stereocenters. The maximum Gasteiger partial charge on any atom is 0.203 e. The number of ether oxygens (including phenoxy) is 1. The van der Waals surface area contributed by atoms with Gasteiger partial charge in [0.1, 0.15) is 5.75 Å². The Morgan fingerprint density at radius 2 is 1.90 bits per heavy atom. The van der Waals surface area contributed by atoms with Gasteiger partial charge in [0, 0.05) is 19.5 Å². The van der Waals surface area contributed by atoms with E-state index in [1.54, 1.807) is 24.9 Å². The number of hydrogen-bond acceptors (Lipinski definition) is 5. The summed E-state index contributed by atoms with van der Waals surface area (Å²) in [5.41, 5.74) is 1.17. The van der Waals surface area contributed by atoms with Crippen molar-refractivity contribution in [3.8, 4) is 5.75 Å². The quantitative estimate of drug-likeness (QED) is 0.780. The molecular formula is C14H16N2O4S. The van der Waals surface area contributed by atoms with Gasteiger partial charge in [0.2, 0.25) is 5.78 Å². The van der Waals surface area contributed by atoms with E-state index in [1.165, 1.54) is 24.3 Å². The molecule has 0 aliphatic heterocycles. The predicted octanol–water partition coefficient (Wildman–Crippen LogP) is 1.39. The van der Waals surface area contributed by atoms with Crippen LogP contribution in [0.3, 0.4) is 0 Å². The Bertz CT molecular complexity index is 761. The van der Waals surface area contributed by atoms with Crippen molar-refractivity contribution >= 4 is 15.6 Å². The second-order valence-corrected chi connectivity index (χ2v) is 6.77. The molecule has 1 aromatic heterocycles.